The van der Waals surface area contributed by atoms with E-state index in [9.17, 15) is 0 Å². The lowest BCUT2D eigenvalue weighted by Crippen LogP contribution is -1.83. The molecule has 16 heavy (non-hydrogen) atoms. The SMILES string of the molecule is CCSCc1noc(-c2sc(N)cc2C)n1. The molecule has 0 aromatic carbocycles. The number of anilines is 1. The zero-order valence-corrected chi connectivity index (χ0v) is 10.8. The molecule has 86 valence electrons. The van der Waals surface area contributed by atoms with Crippen LogP contribution in [-0.2, 0) is 5.75 Å². The maximum absolute atomic E-state index is 5.73. The Hall–Kier alpha value is -1.01. The van der Waals surface area contributed by atoms with Crippen molar-refractivity contribution in [2.45, 2.75) is 19.6 Å². The molecular formula is C10H13N3OS2. The number of aryl methyl sites for hydroxylation is 1. The van der Waals surface area contributed by atoms with Crippen LogP contribution in [0, 0.1) is 6.92 Å². The van der Waals surface area contributed by atoms with E-state index in [1.54, 1.807) is 11.8 Å². The van der Waals surface area contributed by atoms with Crippen molar-refractivity contribution >= 4 is 28.1 Å². The molecule has 0 aliphatic heterocycles. The molecule has 2 rings (SSSR count). The molecule has 0 saturated carbocycles. The molecule has 0 radical (unpaired) electrons. The van der Waals surface area contributed by atoms with E-state index in [1.807, 2.05) is 13.0 Å². The van der Waals surface area contributed by atoms with E-state index in [2.05, 4.69) is 17.1 Å². The van der Waals surface area contributed by atoms with Crippen LogP contribution in [0.15, 0.2) is 10.6 Å². The molecule has 0 unspecified atom stereocenters. The Labute approximate surface area is 102 Å². The summed E-state index contributed by atoms with van der Waals surface area (Å²) >= 11 is 3.25. The summed E-state index contributed by atoms with van der Waals surface area (Å²) in [5.74, 6) is 3.16. The lowest BCUT2D eigenvalue weighted by atomic mass is 10.3. The van der Waals surface area contributed by atoms with Gasteiger partial charge in [-0.2, -0.15) is 16.7 Å². The van der Waals surface area contributed by atoms with Gasteiger partial charge in [0.05, 0.1) is 15.6 Å². The number of rotatable bonds is 4. The van der Waals surface area contributed by atoms with Gasteiger partial charge in [-0.1, -0.05) is 12.1 Å². The van der Waals surface area contributed by atoms with E-state index < -0.39 is 0 Å². The average molecular weight is 255 g/mol. The van der Waals surface area contributed by atoms with Crippen molar-refractivity contribution in [2.24, 2.45) is 0 Å². The van der Waals surface area contributed by atoms with Gasteiger partial charge in [-0.3, -0.25) is 0 Å². The van der Waals surface area contributed by atoms with Crippen LogP contribution in [0.4, 0.5) is 5.00 Å². The summed E-state index contributed by atoms with van der Waals surface area (Å²) in [5.41, 5.74) is 6.81. The van der Waals surface area contributed by atoms with Gasteiger partial charge in [0, 0.05) is 0 Å². The highest BCUT2D eigenvalue weighted by atomic mass is 32.2. The van der Waals surface area contributed by atoms with E-state index in [4.69, 9.17) is 10.3 Å². The summed E-state index contributed by atoms with van der Waals surface area (Å²) in [6.07, 6.45) is 0. The topological polar surface area (TPSA) is 64.9 Å². The molecule has 0 atom stereocenters. The van der Waals surface area contributed by atoms with Crippen LogP contribution in [0.2, 0.25) is 0 Å². The van der Waals surface area contributed by atoms with Gasteiger partial charge >= 0.3 is 0 Å². The molecule has 0 saturated heterocycles. The highest BCUT2D eigenvalue weighted by Gasteiger charge is 2.13. The fourth-order valence-electron chi connectivity index (χ4n) is 1.32. The molecule has 0 aliphatic carbocycles. The van der Waals surface area contributed by atoms with Gasteiger partial charge in [-0.15, -0.1) is 11.3 Å². The van der Waals surface area contributed by atoms with Crippen molar-refractivity contribution in [1.82, 2.24) is 10.1 Å². The van der Waals surface area contributed by atoms with Gasteiger partial charge in [0.25, 0.3) is 5.89 Å². The zero-order valence-electron chi connectivity index (χ0n) is 9.19. The molecule has 0 spiro atoms. The Balaban J connectivity index is 2.21. The molecule has 2 heterocycles. The van der Waals surface area contributed by atoms with Gasteiger partial charge in [-0.25, -0.2) is 0 Å². The van der Waals surface area contributed by atoms with Crippen LogP contribution in [0.1, 0.15) is 18.3 Å². The fraction of sp³-hybridized carbons (Fsp3) is 0.400. The second kappa shape index (κ2) is 4.88. The first kappa shape index (κ1) is 11.5. The van der Waals surface area contributed by atoms with Gasteiger partial charge in [0.2, 0.25) is 0 Å². The quantitative estimate of drug-likeness (QED) is 0.910. The third-order valence-electron chi connectivity index (χ3n) is 2.03. The summed E-state index contributed by atoms with van der Waals surface area (Å²) < 4.78 is 5.22. The first-order valence-electron chi connectivity index (χ1n) is 4.97. The monoisotopic (exact) mass is 255 g/mol. The number of nitrogen functional groups attached to an aromatic ring is 1. The van der Waals surface area contributed by atoms with Crippen LogP contribution < -0.4 is 5.73 Å². The third-order valence-corrected chi connectivity index (χ3v) is 3.96. The Morgan fingerprint density at radius 1 is 1.56 bits per heavy atom. The number of aromatic nitrogens is 2. The molecule has 0 fully saturated rings. The van der Waals surface area contributed by atoms with Crippen LogP contribution in [0.25, 0.3) is 10.8 Å². The zero-order chi connectivity index (χ0) is 11.5. The van der Waals surface area contributed by atoms with E-state index in [0.717, 1.165) is 32.8 Å². The van der Waals surface area contributed by atoms with Crippen LogP contribution in [0.5, 0.6) is 0 Å². The van der Waals surface area contributed by atoms with E-state index in [-0.39, 0.29) is 0 Å². The molecule has 0 aliphatic rings. The fourth-order valence-corrected chi connectivity index (χ4v) is 2.68. The van der Waals surface area contributed by atoms with Crippen LogP contribution in [-0.4, -0.2) is 15.9 Å². The Morgan fingerprint density at radius 3 is 3.00 bits per heavy atom. The lowest BCUT2D eigenvalue weighted by molar-refractivity contribution is 0.426. The molecule has 6 heteroatoms. The lowest BCUT2D eigenvalue weighted by Gasteiger charge is -1.89. The van der Waals surface area contributed by atoms with Crippen molar-refractivity contribution in [1.29, 1.82) is 0 Å². The second-order valence-corrected chi connectivity index (χ2v) is 5.67. The molecule has 2 aromatic heterocycles. The van der Waals surface area contributed by atoms with Crippen LogP contribution >= 0.6 is 23.1 Å². The van der Waals surface area contributed by atoms with E-state index in [0.29, 0.717) is 5.89 Å². The Kier molecular flexibility index (Phi) is 3.50. The normalized spacial score (nSPS) is 10.9. The van der Waals surface area contributed by atoms with Crippen molar-refractivity contribution in [3.05, 3.63) is 17.5 Å². The molecular weight excluding hydrogens is 242 g/mol. The minimum absolute atomic E-state index is 0.575. The molecule has 4 nitrogen and oxygen atoms in total. The average Bonchev–Trinajstić information content (AvgIpc) is 2.82. The Bertz CT molecular complexity index is 478. The maximum atomic E-state index is 5.73. The number of hydrogen-bond donors (Lipinski definition) is 1. The van der Waals surface area contributed by atoms with Crippen molar-refractivity contribution in [3.8, 4) is 10.8 Å². The number of hydrogen-bond acceptors (Lipinski definition) is 6. The molecule has 0 bridgehead atoms. The number of thioether (sulfide) groups is 1. The first-order chi connectivity index (χ1) is 7.70. The molecule has 2 aromatic rings. The second-order valence-electron chi connectivity index (χ2n) is 3.31. The van der Waals surface area contributed by atoms with Crippen molar-refractivity contribution in [3.63, 3.8) is 0 Å². The van der Waals surface area contributed by atoms with Gasteiger partial charge in [0.15, 0.2) is 5.82 Å². The summed E-state index contributed by atoms with van der Waals surface area (Å²) in [7, 11) is 0. The highest BCUT2D eigenvalue weighted by Crippen LogP contribution is 2.32. The number of nitrogens with two attached hydrogens (primary N) is 1. The number of thiophene rings is 1. The Morgan fingerprint density at radius 2 is 2.38 bits per heavy atom. The van der Waals surface area contributed by atoms with E-state index in [1.165, 1.54) is 11.3 Å². The van der Waals surface area contributed by atoms with Crippen LogP contribution in [0.3, 0.4) is 0 Å². The standard InChI is InChI=1S/C10H13N3OS2/c1-3-15-5-8-12-10(14-13-8)9-6(2)4-7(11)16-9/h4H,3,5,11H2,1-2H3. The van der Waals surface area contributed by atoms with Gasteiger partial charge in [-0.05, 0) is 24.3 Å². The number of nitrogens with zero attached hydrogens (tertiary/aromatic N) is 2. The van der Waals surface area contributed by atoms with Crippen molar-refractivity contribution in [2.75, 3.05) is 11.5 Å². The predicted octanol–water partition coefficient (Wildman–Crippen LogP) is 2.94. The third kappa shape index (κ3) is 2.38. The summed E-state index contributed by atoms with van der Waals surface area (Å²) in [4.78, 5) is 5.32. The minimum atomic E-state index is 0.575. The molecule has 2 N–H and O–H groups in total. The predicted molar refractivity (Wildman–Crippen MR) is 68.6 cm³/mol. The highest BCUT2D eigenvalue weighted by molar-refractivity contribution is 7.98. The summed E-state index contributed by atoms with van der Waals surface area (Å²) in [6.45, 7) is 4.10. The summed E-state index contributed by atoms with van der Waals surface area (Å²) in [5, 5.41) is 4.71. The van der Waals surface area contributed by atoms with Gasteiger partial charge < -0.3 is 10.3 Å². The summed E-state index contributed by atoms with van der Waals surface area (Å²) in [6, 6.07) is 1.92. The van der Waals surface area contributed by atoms with E-state index >= 15 is 0 Å². The molecule has 0 amide bonds. The van der Waals surface area contributed by atoms with Gasteiger partial charge in [0.1, 0.15) is 0 Å². The first-order valence-corrected chi connectivity index (χ1v) is 6.94. The smallest absolute Gasteiger partial charge is 0.268 e. The van der Waals surface area contributed by atoms with Crippen molar-refractivity contribution < 1.29 is 4.52 Å². The maximum Gasteiger partial charge on any atom is 0.268 e. The minimum Gasteiger partial charge on any atom is -0.391 e. The largest absolute Gasteiger partial charge is 0.391 e.